The Labute approximate surface area is 160 Å². The van der Waals surface area contributed by atoms with E-state index < -0.39 is 0 Å². The van der Waals surface area contributed by atoms with E-state index in [0.29, 0.717) is 0 Å². The highest BCUT2D eigenvalue weighted by atomic mass is 79.9. The van der Waals surface area contributed by atoms with Gasteiger partial charge in [0.2, 0.25) is 0 Å². The molecule has 4 rings (SSSR count). The average molecular weight is 404 g/mol. The summed E-state index contributed by atoms with van der Waals surface area (Å²) in [5.41, 5.74) is 3.16. The molecule has 0 saturated heterocycles. The molecule has 0 amide bonds. The molecule has 0 saturated carbocycles. The first kappa shape index (κ1) is 16.8. The summed E-state index contributed by atoms with van der Waals surface area (Å²) >= 11 is 3.49. The molecule has 128 valence electrons. The monoisotopic (exact) mass is 403 g/mol. The molecule has 26 heavy (non-hydrogen) atoms. The van der Waals surface area contributed by atoms with Crippen LogP contribution >= 0.6 is 15.9 Å². The predicted molar refractivity (Wildman–Crippen MR) is 111 cm³/mol. The lowest BCUT2D eigenvalue weighted by atomic mass is 9.97. The van der Waals surface area contributed by atoms with E-state index in [1.165, 1.54) is 0 Å². The maximum atomic E-state index is 13.4. The normalized spacial score (nSPS) is 11.2. The van der Waals surface area contributed by atoms with Gasteiger partial charge in [0.05, 0.1) is 6.04 Å². The van der Waals surface area contributed by atoms with E-state index in [1.54, 1.807) is 0 Å². The summed E-state index contributed by atoms with van der Waals surface area (Å²) in [4.78, 5) is 13.4. The van der Waals surface area contributed by atoms with E-state index in [0.717, 1.165) is 32.1 Å². The number of benzene rings is 3. The number of nitrogens with zero attached hydrogens (tertiary/aromatic N) is 1. The number of fused-ring (bicyclic) bond motifs is 1. The molecule has 3 aromatic carbocycles. The van der Waals surface area contributed by atoms with Gasteiger partial charge in [0, 0.05) is 15.6 Å². The first-order valence-corrected chi connectivity index (χ1v) is 9.36. The zero-order valence-corrected chi connectivity index (χ0v) is 16.0. The van der Waals surface area contributed by atoms with Gasteiger partial charge >= 0.3 is 0 Å². The second-order valence-corrected chi connectivity index (χ2v) is 7.33. The third-order valence-electron chi connectivity index (χ3n) is 4.70. The lowest BCUT2D eigenvalue weighted by Crippen LogP contribution is -2.28. The highest BCUT2D eigenvalue weighted by Gasteiger charge is 2.20. The van der Waals surface area contributed by atoms with Gasteiger partial charge in [0.1, 0.15) is 0 Å². The standard InChI is InChI=1S/C23H18BrNO/c1-16-14-19-12-13-20(24)15-21(19)23(26)25(16)22(17-8-4-2-5-9-17)18-10-6-3-7-11-18/h2-15,22H,1H3. The molecule has 3 heteroatoms. The molecule has 0 radical (unpaired) electrons. The average Bonchev–Trinajstić information content (AvgIpc) is 2.67. The van der Waals surface area contributed by atoms with Crippen molar-refractivity contribution in [3.05, 3.63) is 117 Å². The molecule has 0 fully saturated rings. The largest absolute Gasteiger partial charge is 0.301 e. The lowest BCUT2D eigenvalue weighted by molar-refractivity contribution is 0.636. The van der Waals surface area contributed by atoms with Crippen molar-refractivity contribution in [2.24, 2.45) is 0 Å². The molecule has 0 atom stereocenters. The number of hydrogen-bond donors (Lipinski definition) is 0. The topological polar surface area (TPSA) is 22.0 Å². The number of rotatable bonds is 3. The van der Waals surface area contributed by atoms with Crippen LogP contribution < -0.4 is 5.56 Å². The van der Waals surface area contributed by atoms with Gasteiger partial charge in [-0.15, -0.1) is 0 Å². The van der Waals surface area contributed by atoms with Crippen LogP contribution in [0.5, 0.6) is 0 Å². The van der Waals surface area contributed by atoms with Crippen molar-refractivity contribution < 1.29 is 0 Å². The van der Waals surface area contributed by atoms with Crippen LogP contribution in [-0.4, -0.2) is 4.57 Å². The highest BCUT2D eigenvalue weighted by Crippen LogP contribution is 2.28. The Morgan fingerprint density at radius 3 is 1.96 bits per heavy atom. The smallest absolute Gasteiger partial charge is 0.259 e. The summed E-state index contributed by atoms with van der Waals surface area (Å²) in [6, 6.07) is 28.2. The van der Waals surface area contributed by atoms with Crippen LogP contribution in [0.2, 0.25) is 0 Å². The van der Waals surface area contributed by atoms with E-state index in [1.807, 2.05) is 66.1 Å². The maximum absolute atomic E-state index is 13.4. The van der Waals surface area contributed by atoms with Crippen LogP contribution in [0.1, 0.15) is 22.9 Å². The fourth-order valence-electron chi connectivity index (χ4n) is 3.51. The number of aryl methyl sites for hydroxylation is 1. The van der Waals surface area contributed by atoms with Crippen molar-refractivity contribution in [2.45, 2.75) is 13.0 Å². The summed E-state index contributed by atoms with van der Waals surface area (Å²) in [6.07, 6.45) is 0. The number of pyridine rings is 1. The molecule has 0 spiro atoms. The van der Waals surface area contributed by atoms with Gasteiger partial charge in [-0.3, -0.25) is 4.79 Å². The second-order valence-electron chi connectivity index (χ2n) is 6.42. The zero-order valence-electron chi connectivity index (χ0n) is 14.4. The summed E-state index contributed by atoms with van der Waals surface area (Å²) in [5.74, 6) is 0. The van der Waals surface area contributed by atoms with Gasteiger partial charge in [0.25, 0.3) is 5.56 Å². The molecular formula is C23H18BrNO. The van der Waals surface area contributed by atoms with Gasteiger partial charge in [-0.2, -0.15) is 0 Å². The van der Waals surface area contributed by atoms with Crippen LogP contribution in [0.4, 0.5) is 0 Å². The number of hydrogen-bond acceptors (Lipinski definition) is 1. The van der Waals surface area contributed by atoms with Crippen LogP contribution in [0.15, 0.2) is 94.2 Å². The van der Waals surface area contributed by atoms with E-state index >= 15 is 0 Å². The Morgan fingerprint density at radius 2 is 1.38 bits per heavy atom. The highest BCUT2D eigenvalue weighted by molar-refractivity contribution is 9.10. The van der Waals surface area contributed by atoms with E-state index in [9.17, 15) is 4.79 Å². The van der Waals surface area contributed by atoms with E-state index in [2.05, 4.69) is 46.3 Å². The predicted octanol–water partition coefficient (Wildman–Crippen LogP) is 5.71. The fraction of sp³-hybridized carbons (Fsp3) is 0.0870. The number of halogens is 1. The van der Waals surface area contributed by atoms with Crippen molar-refractivity contribution in [1.82, 2.24) is 4.57 Å². The van der Waals surface area contributed by atoms with Crippen molar-refractivity contribution in [3.63, 3.8) is 0 Å². The molecule has 1 aromatic heterocycles. The lowest BCUT2D eigenvalue weighted by Gasteiger charge is -2.24. The maximum Gasteiger partial charge on any atom is 0.259 e. The van der Waals surface area contributed by atoms with Crippen molar-refractivity contribution in [1.29, 1.82) is 0 Å². The van der Waals surface area contributed by atoms with Crippen molar-refractivity contribution in [3.8, 4) is 0 Å². The van der Waals surface area contributed by atoms with Crippen molar-refractivity contribution in [2.75, 3.05) is 0 Å². The fourth-order valence-corrected chi connectivity index (χ4v) is 3.87. The molecule has 0 bridgehead atoms. The van der Waals surface area contributed by atoms with E-state index in [-0.39, 0.29) is 11.6 Å². The molecule has 4 aromatic rings. The summed E-state index contributed by atoms with van der Waals surface area (Å²) in [5, 5.41) is 1.69. The SMILES string of the molecule is Cc1cc2ccc(Br)cc2c(=O)n1C(c1ccccc1)c1ccccc1. The molecule has 0 aliphatic carbocycles. The quantitative estimate of drug-likeness (QED) is 0.429. The number of aromatic nitrogens is 1. The van der Waals surface area contributed by atoms with Gasteiger partial charge in [-0.05, 0) is 41.6 Å². The summed E-state index contributed by atoms with van der Waals surface area (Å²) < 4.78 is 2.81. The molecule has 2 nitrogen and oxygen atoms in total. The third kappa shape index (κ3) is 2.99. The Morgan fingerprint density at radius 1 is 0.808 bits per heavy atom. The minimum absolute atomic E-state index is 0.0269. The Balaban J connectivity index is 2.05. The van der Waals surface area contributed by atoms with Crippen LogP contribution in [-0.2, 0) is 0 Å². The second kappa shape index (κ2) is 6.93. The Bertz CT molecular complexity index is 1080. The molecule has 0 aliphatic rings. The van der Waals surface area contributed by atoms with Gasteiger partial charge in [-0.25, -0.2) is 0 Å². The molecule has 0 aliphatic heterocycles. The third-order valence-corrected chi connectivity index (χ3v) is 5.19. The van der Waals surface area contributed by atoms with Gasteiger partial charge < -0.3 is 4.57 Å². The van der Waals surface area contributed by atoms with Crippen LogP contribution in [0.25, 0.3) is 10.8 Å². The molecule has 0 unspecified atom stereocenters. The van der Waals surface area contributed by atoms with E-state index in [4.69, 9.17) is 0 Å². The molecule has 1 heterocycles. The Hall–Kier alpha value is -2.65. The van der Waals surface area contributed by atoms with Gasteiger partial charge in [0.15, 0.2) is 0 Å². The minimum atomic E-state index is -0.159. The summed E-state index contributed by atoms with van der Waals surface area (Å²) in [6.45, 7) is 2.00. The first-order valence-electron chi connectivity index (χ1n) is 8.56. The molecule has 0 N–H and O–H groups in total. The van der Waals surface area contributed by atoms with Crippen molar-refractivity contribution >= 4 is 26.7 Å². The first-order chi connectivity index (χ1) is 12.6. The Kier molecular flexibility index (Phi) is 4.48. The summed E-state index contributed by atoms with van der Waals surface area (Å²) in [7, 11) is 0. The van der Waals surface area contributed by atoms with Crippen LogP contribution in [0, 0.1) is 6.92 Å². The van der Waals surface area contributed by atoms with Gasteiger partial charge in [-0.1, -0.05) is 82.7 Å². The van der Waals surface area contributed by atoms with Crippen LogP contribution in [0.3, 0.4) is 0 Å². The molecular weight excluding hydrogens is 386 g/mol. The minimum Gasteiger partial charge on any atom is -0.301 e. The zero-order chi connectivity index (χ0) is 18.1.